The van der Waals surface area contributed by atoms with Gasteiger partial charge in [-0.05, 0) is 28.5 Å². The molecule has 8 nitrogen and oxygen atoms in total. The van der Waals surface area contributed by atoms with Crippen molar-refractivity contribution < 1.29 is 9.55 Å². The number of benzene rings is 1. The molecule has 3 rings (SSSR count). The maximum Gasteiger partial charge on any atom is 0.300 e. The monoisotopic (exact) mass is 299 g/mol. The van der Waals surface area contributed by atoms with Gasteiger partial charge in [0.25, 0.3) is 0 Å². The van der Waals surface area contributed by atoms with E-state index in [0.717, 1.165) is 17.8 Å². The van der Waals surface area contributed by atoms with Crippen molar-refractivity contribution in [3.05, 3.63) is 52.3 Å². The van der Waals surface area contributed by atoms with E-state index < -0.39 is 4.92 Å². The van der Waals surface area contributed by atoms with Gasteiger partial charge < -0.3 is 4.90 Å². The first-order valence-electron chi connectivity index (χ1n) is 6.67. The number of aromatic nitrogens is 3. The van der Waals surface area contributed by atoms with E-state index in [9.17, 15) is 10.1 Å². The van der Waals surface area contributed by atoms with Crippen molar-refractivity contribution in [1.82, 2.24) is 15.3 Å². The molecule has 1 aromatic carbocycles. The Balaban J connectivity index is 1.85. The Morgan fingerprint density at radius 1 is 1.23 bits per heavy atom. The van der Waals surface area contributed by atoms with Crippen molar-refractivity contribution in [2.45, 2.75) is 6.42 Å². The van der Waals surface area contributed by atoms with Crippen LogP contribution in [0.3, 0.4) is 0 Å². The van der Waals surface area contributed by atoms with E-state index in [2.05, 4.69) is 19.9 Å². The maximum atomic E-state index is 11.0. The van der Waals surface area contributed by atoms with Gasteiger partial charge in [-0.1, -0.05) is 6.07 Å². The maximum absolute atomic E-state index is 11.0. The summed E-state index contributed by atoms with van der Waals surface area (Å²) >= 11 is 0. The largest absolute Gasteiger partial charge is 0.372 e. The molecule has 0 amide bonds. The van der Waals surface area contributed by atoms with Crippen LogP contribution in [0.5, 0.6) is 0 Å². The first-order chi connectivity index (χ1) is 10.7. The summed E-state index contributed by atoms with van der Waals surface area (Å²) in [6.45, 7) is 0.691. The average Bonchev–Trinajstić information content (AvgIpc) is 3.02. The fraction of sp³-hybridized carbons (Fsp3) is 0.214. The molecule has 2 heterocycles. The fourth-order valence-corrected chi connectivity index (χ4v) is 2.24. The van der Waals surface area contributed by atoms with Crippen molar-refractivity contribution in [3.8, 4) is 0 Å². The van der Waals surface area contributed by atoms with Crippen molar-refractivity contribution in [2.24, 2.45) is 0 Å². The molecule has 2 aromatic heterocycles. The molecule has 0 atom stereocenters. The lowest BCUT2D eigenvalue weighted by Crippen LogP contribution is -2.21. The third kappa shape index (κ3) is 2.58. The second kappa shape index (κ2) is 5.76. The quantitative estimate of drug-likeness (QED) is 0.526. The predicted octanol–water partition coefficient (Wildman–Crippen LogP) is 2.20. The van der Waals surface area contributed by atoms with Crippen molar-refractivity contribution in [3.63, 3.8) is 0 Å². The van der Waals surface area contributed by atoms with Crippen LogP contribution in [0.1, 0.15) is 5.69 Å². The molecule has 0 unspecified atom stereocenters. The third-order valence-corrected chi connectivity index (χ3v) is 3.41. The molecule has 112 valence electrons. The van der Waals surface area contributed by atoms with Gasteiger partial charge in [-0.2, -0.15) is 0 Å². The Morgan fingerprint density at radius 2 is 2.05 bits per heavy atom. The normalized spacial score (nSPS) is 10.8. The number of nitrogens with zero attached hydrogens (tertiary/aromatic N) is 5. The highest BCUT2D eigenvalue weighted by atomic mass is 16.6. The first-order valence-corrected chi connectivity index (χ1v) is 6.67. The van der Waals surface area contributed by atoms with Gasteiger partial charge in [0.15, 0.2) is 5.52 Å². The second-order valence-electron chi connectivity index (χ2n) is 4.81. The highest BCUT2D eigenvalue weighted by molar-refractivity contribution is 5.93. The Kier molecular flexibility index (Phi) is 3.65. The molecule has 0 spiro atoms. The van der Waals surface area contributed by atoms with Gasteiger partial charge in [0.05, 0.1) is 10.6 Å². The number of likely N-dealkylation sites (N-methyl/N-ethyl adjacent to an activating group) is 1. The number of anilines is 1. The summed E-state index contributed by atoms with van der Waals surface area (Å²) in [5.74, 6) is 0. The highest BCUT2D eigenvalue weighted by Crippen LogP contribution is 2.30. The molecule has 3 aromatic rings. The van der Waals surface area contributed by atoms with E-state index in [1.165, 1.54) is 6.07 Å². The smallest absolute Gasteiger partial charge is 0.300 e. The molecule has 0 saturated carbocycles. The Hall–Kier alpha value is -3.03. The summed E-state index contributed by atoms with van der Waals surface area (Å²) in [4.78, 5) is 16.7. The van der Waals surface area contributed by atoms with E-state index in [-0.39, 0.29) is 11.2 Å². The van der Waals surface area contributed by atoms with Gasteiger partial charge >= 0.3 is 5.69 Å². The van der Waals surface area contributed by atoms with Crippen molar-refractivity contribution in [2.75, 3.05) is 18.5 Å². The second-order valence-corrected chi connectivity index (χ2v) is 4.81. The van der Waals surface area contributed by atoms with Crippen molar-refractivity contribution in [1.29, 1.82) is 0 Å². The Bertz CT molecular complexity index is 803. The molecule has 0 aliphatic carbocycles. The minimum atomic E-state index is -0.496. The number of nitro benzene ring substituents is 1. The molecule has 0 aliphatic heterocycles. The van der Waals surface area contributed by atoms with E-state index in [4.69, 9.17) is 0 Å². The van der Waals surface area contributed by atoms with E-state index >= 15 is 0 Å². The molecule has 8 heteroatoms. The molecular formula is C14H13N5O3. The highest BCUT2D eigenvalue weighted by Gasteiger charge is 2.21. The van der Waals surface area contributed by atoms with E-state index in [0.29, 0.717) is 12.1 Å². The molecule has 0 saturated heterocycles. The summed E-state index contributed by atoms with van der Waals surface area (Å²) in [5.41, 5.74) is 2.14. The van der Waals surface area contributed by atoms with Gasteiger partial charge in [-0.25, -0.2) is 4.63 Å². The SMILES string of the molecule is CN(CCc1ccccn1)c1ccc([N+](=O)[O-])c2nonc12. The zero-order valence-corrected chi connectivity index (χ0v) is 11.8. The van der Waals surface area contributed by atoms with Crippen LogP contribution in [0.4, 0.5) is 11.4 Å². The average molecular weight is 299 g/mol. The standard InChI is InChI=1S/C14H13N5O3/c1-18(9-7-10-4-2-3-8-15-10)11-5-6-12(19(20)21)14-13(11)16-22-17-14/h2-6,8H,7,9H2,1H3. The number of fused-ring (bicyclic) bond motifs is 1. The summed E-state index contributed by atoms with van der Waals surface area (Å²) in [6.07, 6.45) is 2.50. The van der Waals surface area contributed by atoms with E-state index in [1.54, 1.807) is 12.3 Å². The van der Waals surface area contributed by atoms with Crippen LogP contribution in [-0.2, 0) is 6.42 Å². The number of non-ortho nitro benzene ring substituents is 1. The number of hydrogen-bond donors (Lipinski definition) is 0. The van der Waals surface area contributed by atoms with Gasteiger partial charge in [-0.3, -0.25) is 15.1 Å². The number of pyridine rings is 1. The van der Waals surface area contributed by atoms with Crippen LogP contribution in [0, 0.1) is 10.1 Å². The summed E-state index contributed by atoms with van der Waals surface area (Å²) in [7, 11) is 1.89. The van der Waals surface area contributed by atoms with Crippen LogP contribution in [0.2, 0.25) is 0 Å². The Morgan fingerprint density at radius 3 is 2.77 bits per heavy atom. The lowest BCUT2D eigenvalue weighted by Gasteiger charge is -2.18. The van der Waals surface area contributed by atoms with Gasteiger partial charge in [0.1, 0.15) is 0 Å². The summed E-state index contributed by atoms with van der Waals surface area (Å²) < 4.78 is 4.67. The molecular weight excluding hydrogens is 286 g/mol. The number of rotatable bonds is 5. The molecule has 0 N–H and O–H groups in total. The Labute approximate surface area is 125 Å². The minimum Gasteiger partial charge on any atom is -0.372 e. The number of hydrogen-bond acceptors (Lipinski definition) is 7. The van der Waals surface area contributed by atoms with Crippen LogP contribution >= 0.6 is 0 Å². The first kappa shape index (κ1) is 13.9. The topological polar surface area (TPSA) is 98.2 Å². The predicted molar refractivity (Wildman–Crippen MR) is 79.7 cm³/mol. The lowest BCUT2D eigenvalue weighted by atomic mass is 10.2. The minimum absolute atomic E-state index is 0.113. The van der Waals surface area contributed by atoms with Gasteiger partial charge in [0.2, 0.25) is 5.52 Å². The third-order valence-electron chi connectivity index (χ3n) is 3.41. The van der Waals surface area contributed by atoms with Crippen LogP contribution in [-0.4, -0.2) is 33.8 Å². The van der Waals surface area contributed by atoms with Crippen LogP contribution < -0.4 is 4.90 Å². The lowest BCUT2D eigenvalue weighted by molar-refractivity contribution is -0.383. The van der Waals surface area contributed by atoms with Gasteiger partial charge in [-0.15, -0.1) is 0 Å². The van der Waals surface area contributed by atoms with Crippen LogP contribution in [0.15, 0.2) is 41.2 Å². The van der Waals surface area contributed by atoms with Crippen LogP contribution in [0.25, 0.3) is 11.0 Å². The molecule has 0 bridgehead atoms. The molecule has 22 heavy (non-hydrogen) atoms. The summed E-state index contributed by atoms with van der Waals surface area (Å²) in [6, 6.07) is 8.83. The zero-order valence-electron chi connectivity index (χ0n) is 11.8. The zero-order chi connectivity index (χ0) is 15.5. The fourth-order valence-electron chi connectivity index (χ4n) is 2.24. The van der Waals surface area contributed by atoms with E-state index in [1.807, 2.05) is 30.1 Å². The summed E-state index contributed by atoms with van der Waals surface area (Å²) in [5, 5.41) is 18.4. The van der Waals surface area contributed by atoms with Crippen molar-refractivity contribution >= 4 is 22.4 Å². The molecule has 0 fully saturated rings. The molecule has 0 aliphatic rings. The van der Waals surface area contributed by atoms with Gasteiger partial charge in [0, 0.05) is 38.0 Å². The molecule has 0 radical (unpaired) electrons. The number of nitro groups is 1.